The Hall–Kier alpha value is -0.0800. The standard InChI is InChI=1S/C10H21NO/c1-8(2)10-5-4-9(6-11-10)7-12-3/h8-11H,4-7H2,1-3H3. The van der Waals surface area contributed by atoms with E-state index in [1.54, 1.807) is 7.11 Å². The minimum atomic E-state index is 0.734. The van der Waals surface area contributed by atoms with Crippen LogP contribution in [0.25, 0.3) is 0 Å². The van der Waals surface area contributed by atoms with Crippen LogP contribution >= 0.6 is 0 Å². The summed E-state index contributed by atoms with van der Waals surface area (Å²) in [4.78, 5) is 0. The van der Waals surface area contributed by atoms with Crippen molar-refractivity contribution in [2.45, 2.75) is 32.7 Å². The van der Waals surface area contributed by atoms with E-state index in [4.69, 9.17) is 4.74 Å². The van der Waals surface area contributed by atoms with Crippen LogP contribution in [-0.4, -0.2) is 26.3 Å². The molecule has 12 heavy (non-hydrogen) atoms. The number of piperidine rings is 1. The first-order chi connectivity index (χ1) is 5.74. The molecule has 2 atom stereocenters. The highest BCUT2D eigenvalue weighted by Crippen LogP contribution is 2.18. The smallest absolute Gasteiger partial charge is 0.0502 e. The van der Waals surface area contributed by atoms with Crippen LogP contribution in [0.5, 0.6) is 0 Å². The molecule has 2 nitrogen and oxygen atoms in total. The summed E-state index contributed by atoms with van der Waals surface area (Å²) in [5.41, 5.74) is 0. The Morgan fingerprint density at radius 1 is 1.42 bits per heavy atom. The molecule has 0 amide bonds. The van der Waals surface area contributed by atoms with E-state index in [0.717, 1.165) is 31.0 Å². The first-order valence-electron chi connectivity index (χ1n) is 4.96. The minimum Gasteiger partial charge on any atom is -0.384 e. The van der Waals surface area contributed by atoms with Gasteiger partial charge in [-0.15, -0.1) is 0 Å². The van der Waals surface area contributed by atoms with E-state index in [0.29, 0.717) is 0 Å². The fourth-order valence-corrected chi connectivity index (χ4v) is 1.88. The van der Waals surface area contributed by atoms with Crippen molar-refractivity contribution in [2.24, 2.45) is 11.8 Å². The molecule has 0 saturated carbocycles. The molecule has 2 heteroatoms. The van der Waals surface area contributed by atoms with Crippen LogP contribution in [0.4, 0.5) is 0 Å². The third-order valence-electron chi connectivity index (χ3n) is 2.76. The maximum atomic E-state index is 5.14. The molecule has 0 aromatic carbocycles. The van der Waals surface area contributed by atoms with Gasteiger partial charge < -0.3 is 10.1 Å². The van der Waals surface area contributed by atoms with E-state index in [9.17, 15) is 0 Å². The molecule has 0 radical (unpaired) electrons. The summed E-state index contributed by atoms with van der Waals surface area (Å²) in [7, 11) is 1.79. The highest BCUT2D eigenvalue weighted by Gasteiger charge is 2.21. The zero-order valence-corrected chi connectivity index (χ0v) is 8.47. The van der Waals surface area contributed by atoms with Crippen molar-refractivity contribution in [3.63, 3.8) is 0 Å². The predicted octanol–water partition coefficient (Wildman–Crippen LogP) is 1.66. The van der Waals surface area contributed by atoms with Crippen LogP contribution in [0.2, 0.25) is 0 Å². The lowest BCUT2D eigenvalue weighted by molar-refractivity contribution is 0.123. The highest BCUT2D eigenvalue weighted by atomic mass is 16.5. The quantitative estimate of drug-likeness (QED) is 0.697. The van der Waals surface area contributed by atoms with E-state index in [-0.39, 0.29) is 0 Å². The molecule has 0 aromatic rings. The van der Waals surface area contributed by atoms with Gasteiger partial charge in [0.05, 0.1) is 6.61 Å². The molecule has 0 bridgehead atoms. The Kier molecular flexibility index (Phi) is 4.02. The van der Waals surface area contributed by atoms with Crippen molar-refractivity contribution < 1.29 is 4.74 Å². The van der Waals surface area contributed by atoms with Gasteiger partial charge in [-0.1, -0.05) is 13.8 Å². The van der Waals surface area contributed by atoms with Crippen LogP contribution in [0.1, 0.15) is 26.7 Å². The lowest BCUT2D eigenvalue weighted by atomic mass is 9.90. The molecule has 0 aromatic heterocycles. The van der Waals surface area contributed by atoms with Crippen LogP contribution in [0.3, 0.4) is 0 Å². The molecule has 0 spiro atoms. The van der Waals surface area contributed by atoms with Crippen molar-refractivity contribution in [1.29, 1.82) is 0 Å². The molecule has 1 N–H and O–H groups in total. The summed E-state index contributed by atoms with van der Waals surface area (Å²) in [6.07, 6.45) is 2.63. The van der Waals surface area contributed by atoms with Crippen LogP contribution in [0.15, 0.2) is 0 Å². The van der Waals surface area contributed by atoms with Gasteiger partial charge in [0, 0.05) is 19.7 Å². The second kappa shape index (κ2) is 4.83. The Morgan fingerprint density at radius 2 is 2.17 bits per heavy atom. The van der Waals surface area contributed by atoms with E-state index in [2.05, 4.69) is 19.2 Å². The molecule has 72 valence electrons. The summed E-state index contributed by atoms with van der Waals surface area (Å²) >= 11 is 0. The molecule has 1 rings (SSSR count). The van der Waals surface area contributed by atoms with E-state index in [1.807, 2.05) is 0 Å². The van der Waals surface area contributed by atoms with Crippen molar-refractivity contribution >= 4 is 0 Å². The van der Waals surface area contributed by atoms with Gasteiger partial charge in [0.25, 0.3) is 0 Å². The summed E-state index contributed by atoms with van der Waals surface area (Å²) in [6, 6.07) is 0.734. The second-order valence-corrected chi connectivity index (χ2v) is 4.16. The molecule has 1 saturated heterocycles. The van der Waals surface area contributed by atoms with Crippen LogP contribution < -0.4 is 5.32 Å². The molecule has 0 aliphatic carbocycles. The summed E-state index contributed by atoms with van der Waals surface area (Å²) in [6.45, 7) is 6.62. The van der Waals surface area contributed by atoms with Gasteiger partial charge in [-0.25, -0.2) is 0 Å². The lowest BCUT2D eigenvalue weighted by Gasteiger charge is -2.31. The third-order valence-corrected chi connectivity index (χ3v) is 2.76. The maximum absolute atomic E-state index is 5.14. The van der Waals surface area contributed by atoms with Gasteiger partial charge in [0.2, 0.25) is 0 Å². The molecular formula is C10H21NO. The lowest BCUT2D eigenvalue weighted by Crippen LogP contribution is -2.43. The van der Waals surface area contributed by atoms with Crippen molar-refractivity contribution in [3.05, 3.63) is 0 Å². The molecule has 1 aliphatic rings. The fraction of sp³-hybridized carbons (Fsp3) is 1.00. The van der Waals surface area contributed by atoms with Crippen LogP contribution in [-0.2, 0) is 4.74 Å². The first kappa shape index (κ1) is 10.0. The van der Waals surface area contributed by atoms with Gasteiger partial charge >= 0.3 is 0 Å². The largest absolute Gasteiger partial charge is 0.384 e. The number of ether oxygens (including phenoxy) is 1. The second-order valence-electron chi connectivity index (χ2n) is 4.16. The van der Waals surface area contributed by atoms with Gasteiger partial charge in [-0.05, 0) is 24.7 Å². The van der Waals surface area contributed by atoms with E-state index < -0.39 is 0 Å². The monoisotopic (exact) mass is 171 g/mol. The fourth-order valence-electron chi connectivity index (χ4n) is 1.88. The van der Waals surface area contributed by atoms with Gasteiger partial charge in [0.15, 0.2) is 0 Å². The number of nitrogens with one attached hydrogen (secondary N) is 1. The number of hydrogen-bond acceptors (Lipinski definition) is 2. The summed E-state index contributed by atoms with van der Waals surface area (Å²) in [5.74, 6) is 1.51. The molecule has 1 fully saturated rings. The summed E-state index contributed by atoms with van der Waals surface area (Å²) < 4.78 is 5.14. The number of rotatable bonds is 3. The number of hydrogen-bond donors (Lipinski definition) is 1. The third kappa shape index (κ3) is 2.76. The first-order valence-corrected chi connectivity index (χ1v) is 4.96. The average molecular weight is 171 g/mol. The maximum Gasteiger partial charge on any atom is 0.0502 e. The number of methoxy groups -OCH3 is 1. The predicted molar refractivity (Wildman–Crippen MR) is 51.2 cm³/mol. The van der Waals surface area contributed by atoms with E-state index >= 15 is 0 Å². The zero-order valence-electron chi connectivity index (χ0n) is 8.47. The topological polar surface area (TPSA) is 21.3 Å². The van der Waals surface area contributed by atoms with E-state index in [1.165, 1.54) is 12.8 Å². The molecular weight excluding hydrogens is 150 g/mol. The zero-order chi connectivity index (χ0) is 8.97. The SMILES string of the molecule is COCC1CCC(C(C)C)NC1. The van der Waals surface area contributed by atoms with Crippen LogP contribution in [0, 0.1) is 11.8 Å². The minimum absolute atomic E-state index is 0.734. The molecule has 2 unspecified atom stereocenters. The van der Waals surface area contributed by atoms with Gasteiger partial charge in [-0.3, -0.25) is 0 Å². The molecule has 1 heterocycles. The van der Waals surface area contributed by atoms with Crippen molar-refractivity contribution in [3.8, 4) is 0 Å². The Balaban J connectivity index is 2.20. The van der Waals surface area contributed by atoms with Crippen molar-refractivity contribution in [2.75, 3.05) is 20.3 Å². The normalized spacial score (nSPS) is 31.0. The Bertz CT molecular complexity index is 117. The average Bonchev–Trinajstić information content (AvgIpc) is 2.06. The van der Waals surface area contributed by atoms with Crippen molar-refractivity contribution in [1.82, 2.24) is 5.32 Å². The molecule has 1 aliphatic heterocycles. The van der Waals surface area contributed by atoms with Gasteiger partial charge in [0.1, 0.15) is 0 Å². The highest BCUT2D eigenvalue weighted by molar-refractivity contribution is 4.79. The summed E-state index contributed by atoms with van der Waals surface area (Å²) in [5, 5.41) is 3.57. The Labute approximate surface area is 75.7 Å². The van der Waals surface area contributed by atoms with Gasteiger partial charge in [-0.2, -0.15) is 0 Å². The Morgan fingerprint density at radius 3 is 2.58 bits per heavy atom.